The Labute approximate surface area is 150 Å². The largest absolute Gasteiger partial charge is 0.447 e. The van der Waals surface area contributed by atoms with E-state index in [1.165, 1.54) is 5.57 Å². The molecule has 0 aliphatic heterocycles. The minimum Gasteiger partial charge on any atom is -0.447 e. The highest BCUT2D eigenvalue weighted by Gasteiger charge is 2.65. The van der Waals surface area contributed by atoms with Crippen LogP contribution in [0, 0.1) is 40.9 Å². The normalized spacial score (nSPS) is 48.4. The maximum absolute atomic E-state index is 11.9. The lowest BCUT2D eigenvalue weighted by molar-refractivity contribution is -0.156. The Morgan fingerprint density at radius 2 is 1.92 bits per heavy atom. The molecular weight excluding hydrogens is 312 g/mol. The Morgan fingerprint density at radius 3 is 2.64 bits per heavy atom. The second-order valence-electron chi connectivity index (χ2n) is 9.15. The third-order valence-electron chi connectivity index (χ3n) is 8.56. The lowest BCUT2D eigenvalue weighted by Gasteiger charge is -2.58. The van der Waals surface area contributed by atoms with Gasteiger partial charge in [-0.25, -0.2) is 0 Å². The predicted octanol–water partition coefficient (Wildman–Crippen LogP) is 4.06. The van der Waals surface area contributed by atoms with Gasteiger partial charge in [-0.2, -0.15) is 0 Å². The summed E-state index contributed by atoms with van der Waals surface area (Å²) in [6.45, 7) is 5.19. The first-order chi connectivity index (χ1) is 11.9. The summed E-state index contributed by atoms with van der Waals surface area (Å²) in [5, 5.41) is 0. The lowest BCUT2D eigenvalue weighted by atomic mass is 9.46. The fourth-order valence-electron chi connectivity index (χ4n) is 7.10. The Bertz CT molecular complexity index is 686. The number of hydrogen-bond donors (Lipinski definition) is 0. The highest BCUT2D eigenvalue weighted by molar-refractivity contribution is 5.91. The number of hydrogen-bond acceptors (Lipinski definition) is 3. The summed E-state index contributed by atoms with van der Waals surface area (Å²) in [7, 11) is 0. The van der Waals surface area contributed by atoms with Crippen molar-refractivity contribution in [1.29, 1.82) is 0 Å². The maximum Gasteiger partial charge on any atom is 0.294 e. The minimum absolute atomic E-state index is 0.119. The first kappa shape index (κ1) is 16.9. The molecule has 0 aromatic carbocycles. The van der Waals surface area contributed by atoms with Crippen molar-refractivity contribution in [2.75, 3.05) is 0 Å². The molecule has 0 unspecified atom stereocenters. The molecule has 6 atom stereocenters. The molecule has 4 rings (SSSR count). The summed E-state index contributed by atoms with van der Waals surface area (Å²) < 4.78 is 5.56. The summed E-state index contributed by atoms with van der Waals surface area (Å²) in [6, 6.07) is 0. The van der Waals surface area contributed by atoms with Gasteiger partial charge >= 0.3 is 0 Å². The van der Waals surface area contributed by atoms with E-state index in [-0.39, 0.29) is 10.8 Å². The first-order valence-electron chi connectivity index (χ1n) is 9.73. The summed E-state index contributed by atoms with van der Waals surface area (Å²) in [4.78, 5) is 23.0. The van der Waals surface area contributed by atoms with Crippen LogP contribution in [0.1, 0.15) is 65.2 Å². The molecule has 0 bridgehead atoms. The molecule has 25 heavy (non-hydrogen) atoms. The van der Waals surface area contributed by atoms with Gasteiger partial charge in [0.15, 0.2) is 11.4 Å². The average Bonchev–Trinajstić information content (AvgIpc) is 2.89. The third-order valence-corrected chi connectivity index (χ3v) is 8.56. The minimum atomic E-state index is -0.732. The van der Waals surface area contributed by atoms with Gasteiger partial charge in [-0.05, 0) is 74.2 Å². The van der Waals surface area contributed by atoms with Gasteiger partial charge in [0.1, 0.15) is 0 Å². The zero-order valence-corrected chi connectivity index (χ0v) is 15.3. The Morgan fingerprint density at radius 1 is 1.16 bits per heavy atom. The quantitative estimate of drug-likeness (QED) is 0.562. The van der Waals surface area contributed by atoms with E-state index in [2.05, 4.69) is 19.8 Å². The fourth-order valence-corrected chi connectivity index (χ4v) is 7.10. The van der Waals surface area contributed by atoms with E-state index in [4.69, 9.17) is 11.2 Å². The van der Waals surface area contributed by atoms with Crippen LogP contribution in [0.5, 0.6) is 0 Å². The molecule has 134 valence electrons. The molecule has 4 aliphatic carbocycles. The third kappa shape index (κ3) is 2.06. The number of ketones is 1. The Balaban J connectivity index is 1.69. The monoisotopic (exact) mass is 340 g/mol. The topological polar surface area (TPSA) is 43.4 Å². The van der Waals surface area contributed by atoms with Crippen molar-refractivity contribution in [3.63, 3.8) is 0 Å². The molecular formula is C22H28O3. The second kappa shape index (κ2) is 5.47. The van der Waals surface area contributed by atoms with Gasteiger partial charge in [-0.1, -0.05) is 25.3 Å². The molecule has 3 nitrogen and oxygen atoms in total. The van der Waals surface area contributed by atoms with Crippen molar-refractivity contribution in [1.82, 2.24) is 0 Å². The van der Waals surface area contributed by atoms with Crippen LogP contribution in [0.4, 0.5) is 0 Å². The van der Waals surface area contributed by atoms with Crippen LogP contribution in [0.25, 0.3) is 0 Å². The van der Waals surface area contributed by atoms with Gasteiger partial charge in [0, 0.05) is 11.8 Å². The van der Waals surface area contributed by atoms with Crippen molar-refractivity contribution in [3.8, 4) is 12.3 Å². The fraction of sp³-hybridized carbons (Fsp3) is 0.727. The summed E-state index contributed by atoms with van der Waals surface area (Å²) in [5.41, 5.74) is 0.708. The Kier molecular flexibility index (Phi) is 3.69. The maximum atomic E-state index is 11.9. The van der Waals surface area contributed by atoms with E-state index in [0.717, 1.165) is 44.9 Å². The molecule has 3 saturated carbocycles. The molecule has 0 aromatic heterocycles. The zero-order chi connectivity index (χ0) is 17.9. The molecule has 3 heteroatoms. The molecule has 0 spiro atoms. The van der Waals surface area contributed by atoms with Crippen molar-refractivity contribution >= 4 is 12.3 Å². The van der Waals surface area contributed by atoms with Crippen LogP contribution < -0.4 is 0 Å². The van der Waals surface area contributed by atoms with Crippen LogP contribution >= 0.6 is 0 Å². The SMILES string of the molecule is C#C[C@@]1(OC=O)CC[C@H]2[C@@H]3CCC4=CC(=O)CC[C@]4(C)[C@H]3CC[C@@]21C. The van der Waals surface area contributed by atoms with Gasteiger partial charge in [-0.3, -0.25) is 9.59 Å². The molecule has 0 saturated heterocycles. The highest BCUT2D eigenvalue weighted by Crippen LogP contribution is 2.67. The van der Waals surface area contributed by atoms with Gasteiger partial charge in [-0.15, -0.1) is 6.42 Å². The van der Waals surface area contributed by atoms with Crippen LogP contribution in [0.3, 0.4) is 0 Å². The van der Waals surface area contributed by atoms with Gasteiger partial charge in [0.25, 0.3) is 6.47 Å². The van der Waals surface area contributed by atoms with E-state index in [0.29, 0.717) is 36.4 Å². The average molecular weight is 340 g/mol. The number of fused-ring (bicyclic) bond motifs is 5. The van der Waals surface area contributed by atoms with Crippen molar-refractivity contribution < 1.29 is 14.3 Å². The van der Waals surface area contributed by atoms with E-state index in [1.54, 1.807) is 0 Å². The lowest BCUT2D eigenvalue weighted by Crippen LogP contribution is -2.55. The molecule has 0 N–H and O–H groups in total. The van der Waals surface area contributed by atoms with Crippen molar-refractivity contribution in [2.45, 2.75) is 70.8 Å². The molecule has 0 radical (unpaired) electrons. The molecule has 0 amide bonds. The van der Waals surface area contributed by atoms with Crippen LogP contribution in [0.15, 0.2) is 11.6 Å². The van der Waals surface area contributed by atoms with Crippen LogP contribution in [-0.4, -0.2) is 17.9 Å². The number of rotatable bonds is 2. The smallest absolute Gasteiger partial charge is 0.294 e. The predicted molar refractivity (Wildman–Crippen MR) is 95.4 cm³/mol. The standard InChI is InChI=1S/C22H28O3/c1-4-22(25-14-23)12-9-19-17-6-5-15-13-16(24)7-10-20(15,2)18(17)8-11-21(19,22)3/h1,13-14,17-19H,5-12H2,2-3H3/t17-,18+,19+,20+,21+,22-/m1/s1. The molecule has 4 aliphatic rings. The van der Waals surface area contributed by atoms with E-state index < -0.39 is 5.60 Å². The van der Waals surface area contributed by atoms with Crippen molar-refractivity contribution in [3.05, 3.63) is 11.6 Å². The van der Waals surface area contributed by atoms with Gasteiger partial charge < -0.3 is 4.74 Å². The highest BCUT2D eigenvalue weighted by atomic mass is 16.5. The van der Waals surface area contributed by atoms with Crippen molar-refractivity contribution in [2.24, 2.45) is 28.6 Å². The van der Waals surface area contributed by atoms with Gasteiger partial charge in [0.2, 0.25) is 0 Å². The van der Waals surface area contributed by atoms with Gasteiger partial charge in [0.05, 0.1) is 0 Å². The van der Waals surface area contributed by atoms with Crippen LogP contribution in [-0.2, 0) is 14.3 Å². The number of carbonyl (C=O) groups excluding carboxylic acids is 2. The molecule has 3 fully saturated rings. The number of allylic oxidation sites excluding steroid dienone is 1. The first-order valence-corrected chi connectivity index (χ1v) is 9.73. The zero-order valence-electron chi connectivity index (χ0n) is 15.3. The summed E-state index contributed by atoms with van der Waals surface area (Å²) >= 11 is 0. The summed E-state index contributed by atoms with van der Waals surface area (Å²) in [5.74, 6) is 4.94. The van der Waals surface area contributed by atoms with E-state index in [1.807, 2.05) is 6.08 Å². The Hall–Kier alpha value is -1.56. The van der Waals surface area contributed by atoms with E-state index in [9.17, 15) is 9.59 Å². The number of carbonyl (C=O) groups is 2. The molecule has 0 aromatic rings. The van der Waals surface area contributed by atoms with E-state index >= 15 is 0 Å². The van der Waals surface area contributed by atoms with Crippen LogP contribution in [0.2, 0.25) is 0 Å². The summed E-state index contributed by atoms with van der Waals surface area (Å²) in [6.07, 6.45) is 15.6. The second-order valence-corrected chi connectivity index (χ2v) is 9.15. The molecule has 0 heterocycles. The number of terminal acetylenes is 1. The number of ether oxygens (including phenoxy) is 1.